The van der Waals surface area contributed by atoms with Crippen molar-refractivity contribution < 1.29 is 14.3 Å². The van der Waals surface area contributed by atoms with Gasteiger partial charge in [-0.05, 0) is 30.5 Å². The van der Waals surface area contributed by atoms with Gasteiger partial charge in [0.25, 0.3) is 0 Å². The molecule has 7 nitrogen and oxygen atoms in total. The fraction of sp³-hybridized carbons (Fsp3) is 0.571. The van der Waals surface area contributed by atoms with E-state index in [9.17, 15) is 9.59 Å². The molecule has 0 aliphatic heterocycles. The monoisotopic (exact) mass is 390 g/mol. The minimum Gasteiger partial charge on any atom is -0.497 e. The van der Waals surface area contributed by atoms with Crippen molar-refractivity contribution in [2.75, 3.05) is 13.7 Å². The molecular weight excluding hydrogens is 356 g/mol. The van der Waals surface area contributed by atoms with Crippen LogP contribution in [-0.2, 0) is 16.0 Å². The maximum absolute atomic E-state index is 12.4. The van der Waals surface area contributed by atoms with Crippen LogP contribution in [0.3, 0.4) is 0 Å². The Bertz CT molecular complexity index is 634. The standard InChI is InChI=1S/C21H34N4O3/c1-3-4-5-6-7-11-20(26)25-18(15-19(22)23)21(27)24-13-12-16-9-8-10-17(14-16)28-2/h8-10,14,18H,3-7,11-13,15H2,1-2H3,(H3,22,23)(H,24,27)(H,25,26)/t18-/m1/s1. The lowest BCUT2D eigenvalue weighted by molar-refractivity contribution is -0.128. The zero-order chi connectivity index (χ0) is 20.8. The molecule has 0 saturated carbocycles. The topological polar surface area (TPSA) is 117 Å². The van der Waals surface area contributed by atoms with Crippen molar-refractivity contribution in [1.82, 2.24) is 10.6 Å². The van der Waals surface area contributed by atoms with Crippen LogP contribution in [0.15, 0.2) is 24.3 Å². The van der Waals surface area contributed by atoms with Gasteiger partial charge in [-0.15, -0.1) is 0 Å². The molecule has 28 heavy (non-hydrogen) atoms. The van der Waals surface area contributed by atoms with Crippen molar-refractivity contribution in [3.05, 3.63) is 29.8 Å². The lowest BCUT2D eigenvalue weighted by atomic mass is 10.1. The lowest BCUT2D eigenvalue weighted by Gasteiger charge is -2.18. The van der Waals surface area contributed by atoms with E-state index in [2.05, 4.69) is 17.6 Å². The molecule has 0 aromatic heterocycles. The highest BCUT2D eigenvalue weighted by Crippen LogP contribution is 2.12. The Hall–Kier alpha value is -2.57. The number of hydrogen-bond donors (Lipinski definition) is 4. The molecule has 7 heteroatoms. The number of ether oxygens (including phenoxy) is 1. The fourth-order valence-electron chi connectivity index (χ4n) is 2.87. The van der Waals surface area contributed by atoms with Crippen molar-refractivity contribution in [2.45, 2.75) is 64.3 Å². The summed E-state index contributed by atoms with van der Waals surface area (Å²) in [5.41, 5.74) is 6.49. The second-order valence-corrected chi connectivity index (χ2v) is 6.91. The number of amides is 2. The Morgan fingerprint density at radius 3 is 2.64 bits per heavy atom. The van der Waals surface area contributed by atoms with Gasteiger partial charge in [-0.3, -0.25) is 15.0 Å². The number of nitrogens with two attached hydrogens (primary N) is 1. The van der Waals surface area contributed by atoms with Crippen LogP contribution in [0.25, 0.3) is 0 Å². The average molecular weight is 391 g/mol. The Balaban J connectivity index is 2.45. The fourth-order valence-corrected chi connectivity index (χ4v) is 2.87. The Kier molecular flexibility index (Phi) is 11.4. The molecule has 1 aromatic rings. The summed E-state index contributed by atoms with van der Waals surface area (Å²) < 4.78 is 5.19. The minimum atomic E-state index is -0.814. The third-order valence-corrected chi connectivity index (χ3v) is 4.43. The molecular formula is C21H34N4O3. The van der Waals surface area contributed by atoms with Crippen LogP contribution in [-0.4, -0.2) is 37.3 Å². The van der Waals surface area contributed by atoms with Gasteiger partial charge < -0.3 is 21.1 Å². The van der Waals surface area contributed by atoms with Gasteiger partial charge in [-0.25, -0.2) is 0 Å². The van der Waals surface area contributed by atoms with E-state index in [1.165, 1.54) is 6.42 Å². The van der Waals surface area contributed by atoms with Gasteiger partial charge in [-0.1, -0.05) is 44.7 Å². The Morgan fingerprint density at radius 2 is 1.96 bits per heavy atom. The highest BCUT2D eigenvalue weighted by atomic mass is 16.5. The van der Waals surface area contributed by atoms with Crippen LogP contribution in [0.5, 0.6) is 5.75 Å². The molecule has 1 atom stereocenters. The maximum atomic E-state index is 12.4. The quantitative estimate of drug-likeness (QED) is 0.222. The summed E-state index contributed by atoms with van der Waals surface area (Å²) in [5.74, 6) is 0.142. The predicted octanol–water partition coefficient (Wildman–Crippen LogP) is 2.53. The van der Waals surface area contributed by atoms with Gasteiger partial charge in [0, 0.05) is 19.4 Å². The summed E-state index contributed by atoms with van der Waals surface area (Å²) in [4.78, 5) is 24.6. The molecule has 2 amide bonds. The summed E-state index contributed by atoms with van der Waals surface area (Å²) in [6.45, 7) is 2.57. The van der Waals surface area contributed by atoms with E-state index >= 15 is 0 Å². The molecule has 0 aliphatic rings. The van der Waals surface area contributed by atoms with Crippen LogP contribution in [0.1, 0.15) is 57.4 Å². The SMILES string of the molecule is CCCCCCCC(=O)N[C@H](CC(=N)N)C(=O)NCCc1cccc(OC)c1. The Morgan fingerprint density at radius 1 is 1.21 bits per heavy atom. The summed E-state index contributed by atoms with van der Waals surface area (Å²) in [6.07, 6.45) is 6.28. The van der Waals surface area contributed by atoms with Gasteiger partial charge in [0.2, 0.25) is 11.8 Å². The molecule has 1 rings (SSSR count). The molecule has 0 fully saturated rings. The van der Waals surface area contributed by atoms with Crippen LogP contribution in [0.2, 0.25) is 0 Å². The highest BCUT2D eigenvalue weighted by molar-refractivity contribution is 5.92. The number of unbranched alkanes of at least 4 members (excludes halogenated alkanes) is 4. The molecule has 0 bridgehead atoms. The predicted molar refractivity (Wildman–Crippen MR) is 112 cm³/mol. The van der Waals surface area contributed by atoms with Crippen molar-refractivity contribution in [3.8, 4) is 5.75 Å². The number of carbonyl (C=O) groups is 2. The lowest BCUT2D eigenvalue weighted by Crippen LogP contribution is -2.48. The number of hydrogen-bond acceptors (Lipinski definition) is 4. The van der Waals surface area contributed by atoms with E-state index in [1.807, 2.05) is 24.3 Å². The zero-order valence-corrected chi connectivity index (χ0v) is 17.1. The summed E-state index contributed by atoms with van der Waals surface area (Å²) in [5, 5.41) is 13.0. The third-order valence-electron chi connectivity index (χ3n) is 4.43. The van der Waals surface area contributed by atoms with Crippen molar-refractivity contribution in [1.29, 1.82) is 5.41 Å². The summed E-state index contributed by atoms with van der Waals surface area (Å²) >= 11 is 0. The Labute approximate surface area is 167 Å². The van der Waals surface area contributed by atoms with Gasteiger partial charge >= 0.3 is 0 Å². The molecule has 0 spiro atoms. The molecule has 0 unspecified atom stereocenters. The van der Waals surface area contributed by atoms with Crippen LogP contribution in [0.4, 0.5) is 0 Å². The largest absolute Gasteiger partial charge is 0.497 e. The normalized spacial score (nSPS) is 11.5. The first kappa shape index (κ1) is 23.5. The minimum absolute atomic E-state index is 0.00652. The number of amidine groups is 1. The van der Waals surface area contributed by atoms with E-state index in [4.69, 9.17) is 15.9 Å². The first-order valence-electron chi connectivity index (χ1n) is 9.99. The average Bonchev–Trinajstić information content (AvgIpc) is 2.67. The molecule has 0 saturated heterocycles. The van der Waals surface area contributed by atoms with Gasteiger partial charge in [0.1, 0.15) is 11.8 Å². The number of nitrogens with one attached hydrogen (secondary N) is 3. The summed E-state index contributed by atoms with van der Waals surface area (Å²) in [6, 6.07) is 6.82. The van der Waals surface area contributed by atoms with Crippen molar-refractivity contribution >= 4 is 17.6 Å². The van der Waals surface area contributed by atoms with Crippen molar-refractivity contribution in [2.24, 2.45) is 5.73 Å². The van der Waals surface area contributed by atoms with E-state index < -0.39 is 6.04 Å². The second kappa shape index (κ2) is 13.6. The molecule has 1 aromatic carbocycles. The number of methoxy groups -OCH3 is 1. The summed E-state index contributed by atoms with van der Waals surface area (Å²) in [7, 11) is 1.61. The second-order valence-electron chi connectivity index (χ2n) is 6.91. The molecule has 0 heterocycles. The molecule has 156 valence electrons. The number of carbonyl (C=O) groups excluding carboxylic acids is 2. The van der Waals surface area contributed by atoms with Gasteiger partial charge in [0.05, 0.1) is 12.9 Å². The van der Waals surface area contributed by atoms with Crippen LogP contribution >= 0.6 is 0 Å². The van der Waals surface area contributed by atoms with E-state index in [1.54, 1.807) is 7.11 Å². The van der Waals surface area contributed by atoms with Crippen molar-refractivity contribution in [3.63, 3.8) is 0 Å². The maximum Gasteiger partial charge on any atom is 0.243 e. The van der Waals surface area contributed by atoms with E-state index in [-0.39, 0.29) is 24.1 Å². The number of benzene rings is 1. The van der Waals surface area contributed by atoms with E-state index in [0.29, 0.717) is 19.4 Å². The van der Waals surface area contributed by atoms with Crippen LogP contribution < -0.4 is 21.1 Å². The zero-order valence-electron chi connectivity index (χ0n) is 17.1. The molecule has 5 N–H and O–H groups in total. The molecule has 0 radical (unpaired) electrons. The van der Waals surface area contributed by atoms with Gasteiger partial charge in [-0.2, -0.15) is 0 Å². The van der Waals surface area contributed by atoms with Crippen LogP contribution in [0, 0.1) is 5.41 Å². The van der Waals surface area contributed by atoms with Gasteiger partial charge in [0.15, 0.2) is 0 Å². The first-order valence-corrected chi connectivity index (χ1v) is 9.99. The third kappa shape index (κ3) is 9.94. The van der Waals surface area contributed by atoms with E-state index in [0.717, 1.165) is 37.0 Å². The first-order chi connectivity index (χ1) is 13.5. The number of rotatable bonds is 14. The molecule has 0 aliphatic carbocycles. The smallest absolute Gasteiger partial charge is 0.243 e. The highest BCUT2D eigenvalue weighted by Gasteiger charge is 2.21.